The van der Waals surface area contributed by atoms with Crippen LogP contribution in [0, 0.1) is 23.5 Å². The zero-order valence-electron chi connectivity index (χ0n) is 14.9. The van der Waals surface area contributed by atoms with Gasteiger partial charge >= 0.3 is 6.09 Å². The zero-order valence-corrected chi connectivity index (χ0v) is 14.9. The molecule has 0 amide bonds. The molecule has 0 atom stereocenters. The molecule has 1 fully saturated rings. The van der Waals surface area contributed by atoms with Gasteiger partial charge in [0.15, 0.2) is 0 Å². The number of carbonyl (C=O) groups is 1. The van der Waals surface area contributed by atoms with Crippen molar-refractivity contribution in [2.45, 2.75) is 31.3 Å². The Bertz CT molecular complexity index is 1130. The monoisotopic (exact) mass is 381 g/mol. The summed E-state index contributed by atoms with van der Waals surface area (Å²) >= 11 is 0. The van der Waals surface area contributed by atoms with E-state index in [1.807, 2.05) is 0 Å². The van der Waals surface area contributed by atoms with Gasteiger partial charge in [0.25, 0.3) is 0 Å². The molecule has 1 aliphatic rings. The van der Waals surface area contributed by atoms with Crippen molar-refractivity contribution in [1.29, 1.82) is 0 Å². The highest BCUT2D eigenvalue weighted by molar-refractivity contribution is 6.01. The topological polar surface area (TPSA) is 62.5 Å². The largest absolute Gasteiger partial charge is 0.464 e. The molecule has 6 heteroatoms. The van der Waals surface area contributed by atoms with Crippen LogP contribution in [0.3, 0.4) is 0 Å². The molecule has 3 aromatic rings. The number of carboxylic acid groups (broad SMARTS) is 1. The van der Waals surface area contributed by atoms with Gasteiger partial charge in [0.05, 0.1) is 22.4 Å². The number of hydrogen-bond acceptors (Lipinski definition) is 2. The first-order valence-electron chi connectivity index (χ1n) is 8.93. The normalized spacial score (nSPS) is 15.0. The Morgan fingerprint density at radius 1 is 1.14 bits per heavy atom. The SMILES string of the molecule is O=C(O)n1c(-c2ccc(F)cc2)c(C#CCC2(O)CCC2)c2cccc(F)c21. The number of fused-ring (bicyclic) bond motifs is 1. The van der Waals surface area contributed by atoms with Gasteiger partial charge in [0.1, 0.15) is 11.6 Å². The maximum atomic E-state index is 14.5. The first-order valence-corrected chi connectivity index (χ1v) is 8.93. The lowest BCUT2D eigenvalue weighted by molar-refractivity contribution is -0.0280. The molecule has 142 valence electrons. The summed E-state index contributed by atoms with van der Waals surface area (Å²) in [7, 11) is 0. The summed E-state index contributed by atoms with van der Waals surface area (Å²) < 4.78 is 28.7. The van der Waals surface area contributed by atoms with Crippen LogP contribution in [0.1, 0.15) is 31.2 Å². The third kappa shape index (κ3) is 3.04. The Hall–Kier alpha value is -3.17. The van der Waals surface area contributed by atoms with E-state index in [4.69, 9.17) is 0 Å². The fourth-order valence-electron chi connectivity index (χ4n) is 3.55. The first kappa shape index (κ1) is 18.2. The van der Waals surface area contributed by atoms with E-state index in [1.54, 1.807) is 6.07 Å². The van der Waals surface area contributed by atoms with Gasteiger partial charge in [0.2, 0.25) is 0 Å². The van der Waals surface area contributed by atoms with Gasteiger partial charge < -0.3 is 10.2 Å². The Kier molecular flexibility index (Phi) is 4.40. The average molecular weight is 381 g/mol. The molecule has 1 saturated carbocycles. The van der Waals surface area contributed by atoms with Gasteiger partial charge in [-0.1, -0.05) is 24.0 Å². The van der Waals surface area contributed by atoms with Crippen molar-refractivity contribution < 1.29 is 23.8 Å². The van der Waals surface area contributed by atoms with Gasteiger partial charge in [-0.2, -0.15) is 0 Å². The van der Waals surface area contributed by atoms with Crippen molar-refractivity contribution in [1.82, 2.24) is 4.57 Å². The minimum Gasteiger partial charge on any atom is -0.464 e. The molecule has 1 aliphatic carbocycles. The number of nitrogens with zero attached hydrogens (tertiary/aromatic N) is 1. The average Bonchev–Trinajstić information content (AvgIpc) is 2.97. The van der Waals surface area contributed by atoms with Gasteiger partial charge in [0, 0.05) is 17.4 Å². The maximum absolute atomic E-state index is 14.5. The number of para-hydroxylation sites is 1. The minimum atomic E-state index is -1.36. The van der Waals surface area contributed by atoms with Gasteiger partial charge in [-0.3, -0.25) is 0 Å². The number of hydrogen-bond donors (Lipinski definition) is 2. The van der Waals surface area contributed by atoms with E-state index in [-0.39, 0.29) is 17.6 Å². The molecule has 0 spiro atoms. The molecule has 2 aromatic carbocycles. The molecular weight excluding hydrogens is 364 g/mol. The van der Waals surface area contributed by atoms with E-state index in [0.717, 1.165) is 11.0 Å². The minimum absolute atomic E-state index is 0.0963. The van der Waals surface area contributed by atoms with Gasteiger partial charge in [-0.25, -0.2) is 18.1 Å². The smallest absolute Gasteiger partial charge is 0.416 e. The second kappa shape index (κ2) is 6.77. The lowest BCUT2D eigenvalue weighted by Crippen LogP contribution is -2.35. The van der Waals surface area contributed by atoms with E-state index in [1.165, 1.54) is 36.4 Å². The summed E-state index contributed by atoms with van der Waals surface area (Å²) in [4.78, 5) is 12.0. The van der Waals surface area contributed by atoms with Crippen molar-refractivity contribution in [2.24, 2.45) is 0 Å². The van der Waals surface area contributed by atoms with E-state index in [2.05, 4.69) is 11.8 Å². The van der Waals surface area contributed by atoms with Crippen molar-refractivity contribution in [3.63, 3.8) is 0 Å². The molecule has 0 aliphatic heterocycles. The van der Waals surface area contributed by atoms with E-state index < -0.39 is 23.3 Å². The number of aliphatic hydroxyl groups is 1. The fourth-order valence-corrected chi connectivity index (χ4v) is 3.55. The second-order valence-corrected chi connectivity index (χ2v) is 7.04. The molecule has 0 unspecified atom stereocenters. The van der Waals surface area contributed by atoms with Crippen molar-refractivity contribution in [3.05, 3.63) is 59.7 Å². The van der Waals surface area contributed by atoms with Gasteiger partial charge in [-0.15, -0.1) is 0 Å². The molecule has 1 aromatic heterocycles. The molecule has 28 heavy (non-hydrogen) atoms. The van der Waals surface area contributed by atoms with Crippen molar-refractivity contribution in [3.8, 4) is 23.1 Å². The van der Waals surface area contributed by atoms with Crippen LogP contribution in [0.5, 0.6) is 0 Å². The van der Waals surface area contributed by atoms with Crippen LogP contribution in [0.15, 0.2) is 42.5 Å². The Balaban J connectivity index is 1.97. The predicted octanol–water partition coefficient (Wildman–Crippen LogP) is 4.77. The third-order valence-corrected chi connectivity index (χ3v) is 5.16. The fraction of sp³-hybridized carbons (Fsp3) is 0.227. The number of benzene rings is 2. The highest BCUT2D eigenvalue weighted by Gasteiger charge is 2.33. The predicted molar refractivity (Wildman–Crippen MR) is 101 cm³/mol. The Morgan fingerprint density at radius 3 is 2.46 bits per heavy atom. The van der Waals surface area contributed by atoms with Gasteiger partial charge in [-0.05, 0) is 49.6 Å². The number of halogens is 2. The summed E-state index contributed by atoms with van der Waals surface area (Å²) in [5, 5.41) is 20.4. The quantitative estimate of drug-likeness (QED) is 0.629. The number of aromatic nitrogens is 1. The Labute approximate surface area is 160 Å². The highest BCUT2D eigenvalue weighted by Crippen LogP contribution is 2.36. The molecule has 4 rings (SSSR count). The van der Waals surface area contributed by atoms with Crippen molar-refractivity contribution >= 4 is 17.0 Å². The van der Waals surface area contributed by atoms with Crippen LogP contribution in [-0.4, -0.2) is 26.5 Å². The van der Waals surface area contributed by atoms with E-state index in [9.17, 15) is 23.8 Å². The van der Waals surface area contributed by atoms with Crippen molar-refractivity contribution in [2.75, 3.05) is 0 Å². The van der Waals surface area contributed by atoms with Crippen LogP contribution >= 0.6 is 0 Å². The third-order valence-electron chi connectivity index (χ3n) is 5.16. The molecule has 0 saturated heterocycles. The lowest BCUT2D eigenvalue weighted by Gasteiger charge is -2.34. The number of rotatable bonds is 2. The van der Waals surface area contributed by atoms with Crippen LogP contribution in [0.2, 0.25) is 0 Å². The van der Waals surface area contributed by atoms with Crippen LogP contribution in [0.25, 0.3) is 22.2 Å². The second-order valence-electron chi connectivity index (χ2n) is 7.04. The summed E-state index contributed by atoms with van der Waals surface area (Å²) in [6.07, 6.45) is 1.20. The highest BCUT2D eigenvalue weighted by atomic mass is 19.1. The molecule has 2 N–H and O–H groups in total. The molecular formula is C22H17F2NO3. The summed E-state index contributed by atoms with van der Waals surface area (Å²) in [5.41, 5.74) is 0.0265. The van der Waals surface area contributed by atoms with Crippen LogP contribution < -0.4 is 0 Å². The molecule has 0 radical (unpaired) electrons. The standard InChI is InChI=1S/C22H17F2NO3/c23-15-9-7-14(8-10-15)19-16(5-2-11-22(28)12-3-13-22)17-4-1-6-18(24)20(17)25(19)21(26)27/h1,4,6-10,28H,3,11-13H2,(H,26,27). The molecule has 0 bridgehead atoms. The van der Waals surface area contributed by atoms with E-state index >= 15 is 0 Å². The first-order chi connectivity index (χ1) is 13.4. The molecule has 4 nitrogen and oxygen atoms in total. The summed E-state index contributed by atoms with van der Waals surface area (Å²) in [5.74, 6) is 4.72. The summed E-state index contributed by atoms with van der Waals surface area (Å²) in [6, 6.07) is 9.57. The van der Waals surface area contributed by atoms with Crippen LogP contribution in [0.4, 0.5) is 13.6 Å². The molecule has 1 heterocycles. The summed E-state index contributed by atoms with van der Waals surface area (Å²) in [6.45, 7) is 0. The van der Waals surface area contributed by atoms with Crippen LogP contribution in [-0.2, 0) is 0 Å². The lowest BCUT2D eigenvalue weighted by atomic mass is 9.78. The zero-order chi connectivity index (χ0) is 19.9. The van der Waals surface area contributed by atoms with E-state index in [0.29, 0.717) is 29.4 Å². The Morgan fingerprint density at radius 2 is 1.86 bits per heavy atom. The maximum Gasteiger partial charge on any atom is 0.416 e.